The summed E-state index contributed by atoms with van der Waals surface area (Å²) >= 11 is 0. The van der Waals surface area contributed by atoms with E-state index in [1.54, 1.807) is 31.4 Å². The summed E-state index contributed by atoms with van der Waals surface area (Å²) in [5.41, 5.74) is 5.71. The topological polar surface area (TPSA) is 100 Å². The predicted octanol–water partition coefficient (Wildman–Crippen LogP) is 3.69. The van der Waals surface area contributed by atoms with E-state index in [4.69, 9.17) is 4.74 Å². The SMILES string of the molecule is COc1ccccc1N1CCN(Cc2ccc(C(=O)NN=Cc3cccc([N+](=O)[O-])c3)cc2)CC1. The van der Waals surface area contributed by atoms with Gasteiger partial charge in [-0.05, 0) is 29.8 Å². The van der Waals surface area contributed by atoms with Crippen LogP contribution in [0.5, 0.6) is 5.75 Å². The molecule has 1 heterocycles. The molecule has 0 bridgehead atoms. The molecule has 35 heavy (non-hydrogen) atoms. The first kappa shape index (κ1) is 23.9. The Morgan fingerprint density at radius 1 is 1.06 bits per heavy atom. The summed E-state index contributed by atoms with van der Waals surface area (Å²) in [4.78, 5) is 27.5. The van der Waals surface area contributed by atoms with Crippen LogP contribution in [0.1, 0.15) is 21.5 Å². The van der Waals surface area contributed by atoms with E-state index in [9.17, 15) is 14.9 Å². The van der Waals surface area contributed by atoms with E-state index in [1.165, 1.54) is 18.3 Å². The number of carbonyl (C=O) groups excluding carboxylic acids is 1. The van der Waals surface area contributed by atoms with E-state index >= 15 is 0 Å². The molecule has 0 spiro atoms. The van der Waals surface area contributed by atoms with Crippen molar-refractivity contribution in [1.29, 1.82) is 0 Å². The summed E-state index contributed by atoms with van der Waals surface area (Å²) in [5, 5.41) is 14.8. The number of amides is 1. The molecule has 1 aliphatic heterocycles. The third kappa shape index (κ3) is 6.21. The second kappa shape index (κ2) is 11.3. The molecule has 0 unspecified atom stereocenters. The van der Waals surface area contributed by atoms with Crippen LogP contribution in [0.25, 0.3) is 0 Å². The second-order valence-electron chi connectivity index (χ2n) is 8.18. The van der Waals surface area contributed by atoms with Crippen LogP contribution < -0.4 is 15.1 Å². The number of hydrogen-bond donors (Lipinski definition) is 1. The summed E-state index contributed by atoms with van der Waals surface area (Å²) < 4.78 is 5.49. The lowest BCUT2D eigenvalue weighted by Crippen LogP contribution is -2.46. The number of anilines is 1. The van der Waals surface area contributed by atoms with Gasteiger partial charge in [-0.1, -0.05) is 36.4 Å². The standard InChI is InChI=1S/C26H27N5O4/c1-35-25-8-3-2-7-24(25)30-15-13-29(14-16-30)19-20-9-11-22(12-10-20)26(32)28-27-18-21-5-4-6-23(17-21)31(33)34/h2-12,17-18H,13-16,19H2,1H3,(H,28,32). The van der Waals surface area contributed by atoms with E-state index in [0.717, 1.165) is 49.7 Å². The Morgan fingerprint density at radius 3 is 2.51 bits per heavy atom. The highest BCUT2D eigenvalue weighted by Crippen LogP contribution is 2.28. The maximum atomic E-state index is 12.4. The Hall–Kier alpha value is -4.24. The molecule has 1 fully saturated rings. The van der Waals surface area contributed by atoms with Crippen molar-refractivity contribution >= 4 is 23.5 Å². The van der Waals surface area contributed by atoms with Gasteiger partial charge in [-0.2, -0.15) is 5.10 Å². The fourth-order valence-electron chi connectivity index (χ4n) is 4.01. The van der Waals surface area contributed by atoms with E-state index in [-0.39, 0.29) is 11.6 Å². The van der Waals surface area contributed by atoms with Crippen molar-refractivity contribution < 1.29 is 14.5 Å². The van der Waals surface area contributed by atoms with Crippen LogP contribution in [-0.2, 0) is 6.54 Å². The molecule has 9 nitrogen and oxygen atoms in total. The number of methoxy groups -OCH3 is 1. The van der Waals surface area contributed by atoms with Crippen LogP contribution in [0.3, 0.4) is 0 Å². The number of carbonyl (C=O) groups is 1. The number of hydrazone groups is 1. The molecule has 3 aromatic carbocycles. The molecule has 1 amide bonds. The van der Waals surface area contributed by atoms with Crippen LogP contribution in [0.4, 0.5) is 11.4 Å². The van der Waals surface area contributed by atoms with Crippen LogP contribution in [0, 0.1) is 10.1 Å². The highest BCUT2D eigenvalue weighted by molar-refractivity contribution is 5.94. The van der Waals surface area contributed by atoms with Gasteiger partial charge >= 0.3 is 0 Å². The number of nitro groups is 1. The zero-order valence-corrected chi connectivity index (χ0v) is 19.5. The van der Waals surface area contributed by atoms with Gasteiger partial charge in [0.25, 0.3) is 11.6 Å². The maximum absolute atomic E-state index is 12.4. The molecule has 1 N–H and O–H groups in total. The number of piperazine rings is 1. The highest BCUT2D eigenvalue weighted by Gasteiger charge is 2.19. The Labute approximate surface area is 203 Å². The quantitative estimate of drug-likeness (QED) is 0.304. The molecule has 9 heteroatoms. The molecule has 180 valence electrons. The van der Waals surface area contributed by atoms with Crippen molar-refractivity contribution in [3.8, 4) is 5.75 Å². The number of nitrogens with one attached hydrogen (secondary N) is 1. The largest absolute Gasteiger partial charge is 0.495 e. The average Bonchev–Trinajstić information content (AvgIpc) is 2.89. The maximum Gasteiger partial charge on any atom is 0.271 e. The minimum absolute atomic E-state index is 0.0305. The Kier molecular flexibility index (Phi) is 7.69. The fourth-order valence-corrected chi connectivity index (χ4v) is 4.01. The van der Waals surface area contributed by atoms with Crippen molar-refractivity contribution in [3.05, 3.63) is 99.6 Å². The van der Waals surface area contributed by atoms with Gasteiger partial charge in [-0.15, -0.1) is 0 Å². The number of nitro benzene ring substituents is 1. The van der Waals surface area contributed by atoms with E-state index < -0.39 is 4.92 Å². The van der Waals surface area contributed by atoms with Crippen LogP contribution in [-0.4, -0.2) is 55.2 Å². The fraction of sp³-hybridized carbons (Fsp3) is 0.231. The van der Waals surface area contributed by atoms with Gasteiger partial charge in [0.2, 0.25) is 0 Å². The smallest absolute Gasteiger partial charge is 0.271 e. The van der Waals surface area contributed by atoms with Gasteiger partial charge in [0.05, 0.1) is 23.9 Å². The van der Waals surface area contributed by atoms with Gasteiger partial charge < -0.3 is 9.64 Å². The molecule has 4 rings (SSSR count). The van der Waals surface area contributed by atoms with Crippen LogP contribution in [0.2, 0.25) is 0 Å². The number of nitrogens with zero attached hydrogens (tertiary/aromatic N) is 4. The van der Waals surface area contributed by atoms with Gasteiger partial charge in [-0.25, -0.2) is 5.43 Å². The number of hydrogen-bond acceptors (Lipinski definition) is 7. The normalized spacial score (nSPS) is 14.1. The molecule has 1 aliphatic rings. The molecular weight excluding hydrogens is 446 g/mol. The number of rotatable bonds is 8. The van der Waals surface area contributed by atoms with E-state index in [0.29, 0.717) is 11.1 Å². The Morgan fingerprint density at radius 2 is 1.80 bits per heavy atom. The minimum atomic E-state index is -0.474. The van der Waals surface area contributed by atoms with Crippen molar-refractivity contribution in [1.82, 2.24) is 10.3 Å². The second-order valence-corrected chi connectivity index (χ2v) is 8.18. The molecule has 0 saturated carbocycles. The molecule has 0 aliphatic carbocycles. The lowest BCUT2D eigenvalue weighted by Gasteiger charge is -2.36. The zero-order chi connectivity index (χ0) is 24.6. The molecule has 1 saturated heterocycles. The van der Waals surface area contributed by atoms with E-state index in [1.807, 2.05) is 30.3 Å². The zero-order valence-electron chi connectivity index (χ0n) is 19.5. The number of ether oxygens (including phenoxy) is 1. The van der Waals surface area contributed by atoms with Crippen LogP contribution in [0.15, 0.2) is 77.9 Å². The summed E-state index contributed by atoms with van der Waals surface area (Å²) in [7, 11) is 1.70. The first-order valence-corrected chi connectivity index (χ1v) is 11.3. The lowest BCUT2D eigenvalue weighted by atomic mass is 10.1. The Balaban J connectivity index is 1.27. The van der Waals surface area contributed by atoms with Gasteiger partial charge in [0.15, 0.2) is 0 Å². The predicted molar refractivity (Wildman–Crippen MR) is 135 cm³/mol. The first-order chi connectivity index (χ1) is 17.0. The molecule has 0 atom stereocenters. The van der Waals surface area contributed by atoms with Crippen molar-refractivity contribution in [3.63, 3.8) is 0 Å². The van der Waals surface area contributed by atoms with Gasteiger partial charge in [0, 0.05) is 56.0 Å². The van der Waals surface area contributed by atoms with E-state index in [2.05, 4.69) is 26.4 Å². The first-order valence-electron chi connectivity index (χ1n) is 11.3. The Bertz CT molecular complexity index is 1200. The third-order valence-corrected chi connectivity index (χ3v) is 5.88. The molecule has 3 aromatic rings. The molecular formula is C26H27N5O4. The van der Waals surface area contributed by atoms with Crippen molar-refractivity contribution in [2.75, 3.05) is 38.2 Å². The lowest BCUT2D eigenvalue weighted by molar-refractivity contribution is -0.384. The van der Waals surface area contributed by atoms with Crippen molar-refractivity contribution in [2.24, 2.45) is 5.10 Å². The minimum Gasteiger partial charge on any atom is -0.495 e. The average molecular weight is 474 g/mol. The van der Waals surface area contributed by atoms with Crippen molar-refractivity contribution in [2.45, 2.75) is 6.54 Å². The summed E-state index contributed by atoms with van der Waals surface area (Å²) in [6.07, 6.45) is 1.38. The highest BCUT2D eigenvalue weighted by atomic mass is 16.6. The molecule has 0 aromatic heterocycles. The number of para-hydroxylation sites is 2. The summed E-state index contributed by atoms with van der Waals surface area (Å²) in [6, 6.07) is 21.6. The number of non-ortho nitro benzene ring substituents is 1. The third-order valence-electron chi connectivity index (χ3n) is 5.88. The monoisotopic (exact) mass is 473 g/mol. The summed E-state index contributed by atoms with van der Waals surface area (Å²) in [6.45, 7) is 4.53. The summed E-state index contributed by atoms with van der Waals surface area (Å²) in [5.74, 6) is 0.549. The van der Waals surface area contributed by atoms with Gasteiger partial charge in [-0.3, -0.25) is 19.8 Å². The van der Waals surface area contributed by atoms with Crippen LogP contribution >= 0.6 is 0 Å². The number of benzene rings is 3. The molecule has 0 radical (unpaired) electrons. The van der Waals surface area contributed by atoms with Gasteiger partial charge in [0.1, 0.15) is 5.75 Å².